The fourth-order valence-corrected chi connectivity index (χ4v) is 5.43. The van der Waals surface area contributed by atoms with Crippen LogP contribution in [0, 0.1) is 5.92 Å². The fourth-order valence-electron chi connectivity index (χ4n) is 5.43. The van der Waals surface area contributed by atoms with Crippen LogP contribution in [0.1, 0.15) is 36.9 Å². The van der Waals surface area contributed by atoms with Crippen molar-refractivity contribution < 1.29 is 9.90 Å². The largest absolute Gasteiger partial charge is 0.375 e. The first kappa shape index (κ1) is 22.5. The van der Waals surface area contributed by atoms with E-state index in [9.17, 15) is 9.90 Å². The Labute approximate surface area is 200 Å². The number of aromatic nitrogens is 1. The second kappa shape index (κ2) is 9.50. The average Bonchev–Trinajstić information content (AvgIpc) is 3.57. The van der Waals surface area contributed by atoms with Gasteiger partial charge in [-0.05, 0) is 35.9 Å². The van der Waals surface area contributed by atoms with E-state index >= 15 is 0 Å². The molecule has 2 aliphatic rings. The van der Waals surface area contributed by atoms with Crippen LogP contribution in [0.15, 0.2) is 65.7 Å². The summed E-state index contributed by atoms with van der Waals surface area (Å²) in [6, 6.07) is 19.7. The Morgan fingerprint density at radius 3 is 2.35 bits per heavy atom. The third-order valence-corrected chi connectivity index (χ3v) is 7.37. The number of carbonyl (C=O) groups is 1. The lowest BCUT2D eigenvalue weighted by atomic mass is 9.79. The minimum absolute atomic E-state index is 0.0385. The highest BCUT2D eigenvalue weighted by Gasteiger charge is 2.48. The van der Waals surface area contributed by atoms with E-state index in [1.54, 1.807) is 4.90 Å². The van der Waals surface area contributed by atoms with Gasteiger partial charge in [-0.3, -0.25) is 4.79 Å². The van der Waals surface area contributed by atoms with Gasteiger partial charge in [-0.1, -0.05) is 61.4 Å². The monoisotopic (exact) mass is 459 g/mol. The highest BCUT2D eigenvalue weighted by Crippen LogP contribution is 2.42. The third kappa shape index (κ3) is 4.28. The minimum atomic E-state index is -1.46. The van der Waals surface area contributed by atoms with E-state index < -0.39 is 5.60 Å². The van der Waals surface area contributed by atoms with Crippen molar-refractivity contribution in [2.24, 2.45) is 16.6 Å². The van der Waals surface area contributed by atoms with Crippen molar-refractivity contribution in [3.8, 4) is 0 Å². The van der Waals surface area contributed by atoms with Crippen molar-refractivity contribution in [3.05, 3.63) is 71.9 Å². The molecule has 1 atom stereocenters. The van der Waals surface area contributed by atoms with E-state index in [1.807, 2.05) is 53.4 Å². The van der Waals surface area contributed by atoms with E-state index in [4.69, 9.17) is 5.73 Å². The smallest absolute Gasteiger partial charge is 0.259 e. The maximum absolute atomic E-state index is 13.7. The van der Waals surface area contributed by atoms with Crippen LogP contribution in [0.25, 0.3) is 10.9 Å². The number of aromatic amines is 1. The van der Waals surface area contributed by atoms with Gasteiger partial charge in [0.05, 0.1) is 6.54 Å². The van der Waals surface area contributed by atoms with Crippen LogP contribution < -0.4 is 5.73 Å². The topological polar surface area (TPSA) is 98.0 Å². The number of guanidine groups is 1. The van der Waals surface area contributed by atoms with Crippen LogP contribution in [0.4, 0.5) is 0 Å². The number of aliphatic hydroxyl groups is 1. The molecule has 0 spiro atoms. The summed E-state index contributed by atoms with van der Waals surface area (Å²) >= 11 is 0. The van der Waals surface area contributed by atoms with E-state index in [1.165, 1.54) is 0 Å². The molecule has 5 rings (SSSR count). The van der Waals surface area contributed by atoms with Crippen molar-refractivity contribution in [2.75, 3.05) is 26.2 Å². The van der Waals surface area contributed by atoms with Gasteiger partial charge < -0.3 is 25.6 Å². The van der Waals surface area contributed by atoms with Crippen LogP contribution in [0.5, 0.6) is 0 Å². The molecule has 2 heterocycles. The molecule has 0 bridgehead atoms. The highest BCUT2D eigenvalue weighted by atomic mass is 16.3. The molecule has 1 amide bonds. The molecule has 1 aromatic heterocycles. The minimum Gasteiger partial charge on any atom is -0.375 e. The Hall–Kier alpha value is -3.32. The number of aliphatic imine (C=N–C) groups is 1. The molecule has 0 radical (unpaired) electrons. The van der Waals surface area contributed by atoms with Gasteiger partial charge in [0.25, 0.3) is 5.91 Å². The van der Waals surface area contributed by atoms with Gasteiger partial charge in [0.2, 0.25) is 0 Å². The number of amides is 1. The number of rotatable bonds is 5. The lowest BCUT2D eigenvalue weighted by Crippen LogP contribution is -2.58. The van der Waals surface area contributed by atoms with E-state index in [2.05, 4.69) is 22.1 Å². The van der Waals surface area contributed by atoms with Gasteiger partial charge in [0.1, 0.15) is 0 Å². The van der Waals surface area contributed by atoms with Crippen LogP contribution in [0.2, 0.25) is 0 Å². The molecule has 1 saturated heterocycles. The molecule has 0 unspecified atom stereocenters. The maximum Gasteiger partial charge on any atom is 0.259 e. The molecule has 1 saturated carbocycles. The zero-order chi connectivity index (χ0) is 23.5. The summed E-state index contributed by atoms with van der Waals surface area (Å²) in [7, 11) is 0. The van der Waals surface area contributed by atoms with Gasteiger partial charge in [0.15, 0.2) is 11.6 Å². The summed E-state index contributed by atoms with van der Waals surface area (Å²) in [6.45, 7) is 2.72. The van der Waals surface area contributed by atoms with Gasteiger partial charge in [-0.2, -0.15) is 0 Å². The summed E-state index contributed by atoms with van der Waals surface area (Å²) < 4.78 is 0. The Balaban J connectivity index is 1.24. The summed E-state index contributed by atoms with van der Waals surface area (Å²) in [4.78, 5) is 25.4. The van der Waals surface area contributed by atoms with Gasteiger partial charge in [0, 0.05) is 43.3 Å². The lowest BCUT2D eigenvalue weighted by molar-refractivity contribution is -0.160. The summed E-state index contributed by atoms with van der Waals surface area (Å²) in [5.74, 6) is 0.266. The number of benzene rings is 2. The molecule has 1 aliphatic carbocycles. The number of hydrogen-bond acceptors (Lipinski definition) is 3. The third-order valence-electron chi connectivity index (χ3n) is 7.37. The Kier molecular flexibility index (Phi) is 6.28. The summed E-state index contributed by atoms with van der Waals surface area (Å²) in [5.41, 5.74) is 7.64. The van der Waals surface area contributed by atoms with E-state index in [-0.39, 0.29) is 11.8 Å². The number of nitrogens with one attached hydrogen (secondary N) is 1. The number of H-pyrrole nitrogens is 1. The molecule has 4 N–H and O–H groups in total. The van der Waals surface area contributed by atoms with Gasteiger partial charge in [-0.25, -0.2) is 4.99 Å². The maximum atomic E-state index is 13.7. The van der Waals surface area contributed by atoms with E-state index in [0.29, 0.717) is 44.2 Å². The standard InChI is InChI=1S/C27H33N5O2/c28-26(29-19-23-18-20-8-4-7-13-24(20)30-23)32-16-14-31(15-17-32)25(33)27(34,22-11-5-6-12-22)21-9-2-1-3-10-21/h1-4,7-10,13,18,22,30,34H,5-6,11-12,14-17,19H2,(H2,28,29)/t27-/m0/s1. The van der Waals surface area contributed by atoms with Crippen LogP contribution in [-0.4, -0.2) is 57.9 Å². The summed E-state index contributed by atoms with van der Waals surface area (Å²) in [5, 5.41) is 13.0. The molecule has 178 valence electrons. The molecule has 2 aromatic carbocycles. The first-order valence-electron chi connectivity index (χ1n) is 12.2. The Morgan fingerprint density at radius 1 is 1.00 bits per heavy atom. The molecule has 3 aromatic rings. The molecule has 7 nitrogen and oxygen atoms in total. The van der Waals surface area contributed by atoms with Gasteiger partial charge in [-0.15, -0.1) is 0 Å². The number of hydrogen-bond donors (Lipinski definition) is 3. The molecule has 2 fully saturated rings. The number of fused-ring (bicyclic) bond motifs is 1. The van der Waals surface area contributed by atoms with Crippen LogP contribution >= 0.6 is 0 Å². The zero-order valence-corrected chi connectivity index (χ0v) is 19.5. The van der Waals surface area contributed by atoms with Crippen molar-refractivity contribution in [2.45, 2.75) is 37.8 Å². The number of nitrogens with zero attached hydrogens (tertiary/aromatic N) is 3. The lowest BCUT2D eigenvalue weighted by Gasteiger charge is -2.41. The average molecular weight is 460 g/mol. The summed E-state index contributed by atoms with van der Waals surface area (Å²) in [6.07, 6.45) is 3.88. The van der Waals surface area contributed by atoms with Crippen molar-refractivity contribution in [3.63, 3.8) is 0 Å². The van der Waals surface area contributed by atoms with Crippen molar-refractivity contribution in [1.82, 2.24) is 14.8 Å². The number of carbonyl (C=O) groups excluding carboxylic acids is 1. The number of para-hydroxylation sites is 1. The molecule has 1 aliphatic heterocycles. The predicted molar refractivity (Wildman–Crippen MR) is 134 cm³/mol. The van der Waals surface area contributed by atoms with Crippen LogP contribution in [0.3, 0.4) is 0 Å². The van der Waals surface area contributed by atoms with Crippen molar-refractivity contribution >= 4 is 22.8 Å². The predicted octanol–water partition coefficient (Wildman–Crippen LogP) is 3.20. The molecular formula is C27H33N5O2. The Morgan fingerprint density at radius 2 is 1.65 bits per heavy atom. The number of piperazine rings is 1. The second-order valence-electron chi connectivity index (χ2n) is 9.45. The first-order valence-corrected chi connectivity index (χ1v) is 12.2. The zero-order valence-electron chi connectivity index (χ0n) is 19.5. The van der Waals surface area contributed by atoms with E-state index in [0.717, 1.165) is 42.3 Å². The molecule has 34 heavy (non-hydrogen) atoms. The van der Waals surface area contributed by atoms with Crippen LogP contribution in [-0.2, 0) is 16.9 Å². The first-order chi connectivity index (χ1) is 16.6. The normalized spacial score (nSPS) is 19.5. The Bertz CT molecular complexity index is 1130. The van der Waals surface area contributed by atoms with Gasteiger partial charge >= 0.3 is 0 Å². The van der Waals surface area contributed by atoms with Crippen molar-refractivity contribution in [1.29, 1.82) is 0 Å². The highest BCUT2D eigenvalue weighted by molar-refractivity contribution is 5.87. The molecular weight excluding hydrogens is 426 g/mol. The SMILES string of the molecule is NC(=NCc1cc2ccccc2[nH]1)N1CCN(C(=O)[C@](O)(c2ccccc2)C2CCCC2)CC1. The quantitative estimate of drug-likeness (QED) is 0.403. The fraction of sp³-hybridized carbons (Fsp3) is 0.407. The second-order valence-corrected chi connectivity index (χ2v) is 9.45. The number of nitrogens with two attached hydrogens (primary N) is 1. The molecule has 7 heteroatoms.